The minimum Gasteiger partial charge on any atom is -0.287 e. The molecule has 2 aromatic rings. The third-order valence-electron chi connectivity index (χ3n) is 2.03. The first-order valence-electron chi connectivity index (χ1n) is 3.81. The smallest absolute Gasteiger partial charge is 0.287 e. The van der Waals surface area contributed by atoms with E-state index >= 15 is 0 Å². The minimum absolute atomic E-state index is 0.169. The number of nitrogens with zero attached hydrogens (tertiary/aromatic N) is 3. The summed E-state index contributed by atoms with van der Waals surface area (Å²) in [5.74, 6) is 0.673. The highest BCUT2D eigenvalue weighted by atomic mass is 35.5. The molecule has 2 rings (SSSR count). The molecule has 2 heterocycles. The predicted molar refractivity (Wildman–Crippen MR) is 50.2 cm³/mol. The lowest BCUT2D eigenvalue weighted by molar-refractivity contribution is 0.777. The molecule has 0 saturated carbocycles. The Morgan fingerprint density at radius 3 is 2.92 bits per heavy atom. The molecule has 0 radical (unpaired) electrons. The maximum atomic E-state index is 11.6. The van der Waals surface area contributed by atoms with Gasteiger partial charge in [0.1, 0.15) is 11.0 Å². The Hall–Kier alpha value is -1.29. The lowest BCUT2D eigenvalue weighted by Gasteiger charge is -2.02. The summed E-state index contributed by atoms with van der Waals surface area (Å²) in [6, 6.07) is 1.71. The van der Waals surface area contributed by atoms with Crippen molar-refractivity contribution in [2.75, 3.05) is 0 Å². The van der Waals surface area contributed by atoms with Crippen molar-refractivity contribution in [3.63, 3.8) is 0 Å². The molecule has 0 saturated heterocycles. The van der Waals surface area contributed by atoms with E-state index in [-0.39, 0.29) is 5.69 Å². The van der Waals surface area contributed by atoms with Crippen LogP contribution in [0.2, 0.25) is 5.15 Å². The van der Waals surface area contributed by atoms with Gasteiger partial charge in [-0.15, -0.1) is 0 Å². The van der Waals surface area contributed by atoms with Gasteiger partial charge in [-0.2, -0.15) is 0 Å². The molecule has 5 heteroatoms. The molecule has 68 valence electrons. The zero-order valence-corrected chi connectivity index (χ0v) is 8.04. The fourth-order valence-electron chi connectivity index (χ4n) is 1.27. The first kappa shape index (κ1) is 8.31. The maximum absolute atomic E-state index is 11.6. The molecule has 0 spiro atoms. The molecule has 0 bridgehead atoms. The van der Waals surface area contributed by atoms with Gasteiger partial charge in [0.05, 0.1) is 11.7 Å². The minimum atomic E-state index is -0.169. The second-order valence-electron chi connectivity index (χ2n) is 2.87. The highest BCUT2D eigenvalue weighted by Crippen LogP contribution is 2.09. The third kappa shape index (κ3) is 1.06. The van der Waals surface area contributed by atoms with Crippen molar-refractivity contribution in [1.82, 2.24) is 14.0 Å². The highest BCUT2D eigenvalue weighted by Gasteiger charge is 2.06. The van der Waals surface area contributed by atoms with E-state index in [0.717, 1.165) is 5.52 Å². The van der Waals surface area contributed by atoms with Crippen LogP contribution in [0.25, 0.3) is 5.52 Å². The molecular formula is C8H8ClN3O. The van der Waals surface area contributed by atoms with Gasteiger partial charge in [0.2, 0.25) is 0 Å². The van der Waals surface area contributed by atoms with Crippen molar-refractivity contribution in [2.45, 2.75) is 6.92 Å². The lowest BCUT2D eigenvalue weighted by atomic mass is 10.5. The molecule has 4 nitrogen and oxygen atoms in total. The second kappa shape index (κ2) is 2.60. The van der Waals surface area contributed by atoms with Crippen LogP contribution in [0.4, 0.5) is 0 Å². The molecule has 2 aromatic heterocycles. The molecule has 13 heavy (non-hydrogen) atoms. The number of fused-ring (bicyclic) bond motifs is 1. The van der Waals surface area contributed by atoms with Crippen LogP contribution < -0.4 is 5.69 Å². The van der Waals surface area contributed by atoms with Gasteiger partial charge < -0.3 is 0 Å². The van der Waals surface area contributed by atoms with Crippen LogP contribution in [-0.2, 0) is 7.05 Å². The van der Waals surface area contributed by atoms with E-state index < -0.39 is 0 Å². The average molecular weight is 198 g/mol. The molecule has 0 aromatic carbocycles. The quantitative estimate of drug-likeness (QED) is 0.591. The van der Waals surface area contributed by atoms with Crippen molar-refractivity contribution >= 4 is 17.1 Å². The van der Waals surface area contributed by atoms with Crippen molar-refractivity contribution in [2.24, 2.45) is 7.05 Å². The van der Waals surface area contributed by atoms with Gasteiger partial charge in [-0.3, -0.25) is 4.57 Å². The van der Waals surface area contributed by atoms with E-state index in [1.165, 1.54) is 8.97 Å². The zero-order chi connectivity index (χ0) is 9.59. The van der Waals surface area contributed by atoms with E-state index in [1.54, 1.807) is 26.2 Å². The fourth-order valence-corrected chi connectivity index (χ4v) is 1.46. The maximum Gasteiger partial charge on any atom is 0.334 e. The molecule has 0 N–H and O–H groups in total. The average Bonchev–Trinajstić information content (AvgIpc) is 2.43. The summed E-state index contributed by atoms with van der Waals surface area (Å²) in [6.45, 7) is 1.78. The van der Waals surface area contributed by atoms with E-state index in [4.69, 9.17) is 11.6 Å². The third-order valence-corrected chi connectivity index (χ3v) is 2.39. The second-order valence-corrected chi connectivity index (χ2v) is 3.26. The van der Waals surface area contributed by atoms with Gasteiger partial charge in [-0.05, 0) is 13.0 Å². The Balaban J connectivity index is 3.06. The topological polar surface area (TPSA) is 39.3 Å². The van der Waals surface area contributed by atoms with Gasteiger partial charge in [-0.25, -0.2) is 14.2 Å². The molecule has 0 atom stereocenters. The number of hydrogen-bond donors (Lipinski definition) is 0. The van der Waals surface area contributed by atoms with Gasteiger partial charge >= 0.3 is 5.69 Å². The van der Waals surface area contributed by atoms with E-state index in [1.807, 2.05) is 0 Å². The zero-order valence-electron chi connectivity index (χ0n) is 7.28. The van der Waals surface area contributed by atoms with Crippen LogP contribution in [0.5, 0.6) is 0 Å². The summed E-state index contributed by atoms with van der Waals surface area (Å²) in [7, 11) is 1.63. The predicted octanol–water partition coefficient (Wildman–Crippen LogP) is 0.995. The van der Waals surface area contributed by atoms with E-state index in [0.29, 0.717) is 11.0 Å². The number of hydrogen-bond acceptors (Lipinski definition) is 2. The molecule has 0 aliphatic rings. The number of aromatic nitrogens is 3. The van der Waals surface area contributed by atoms with Gasteiger partial charge in [0, 0.05) is 7.05 Å². The number of imidazole rings is 1. The standard InChI is InChI=1S/C8H8ClN3O/c1-5-10-4-6-3-7(9)11(2)8(13)12(5)6/h3-4H,1-2H3. The van der Waals surface area contributed by atoms with Crippen molar-refractivity contribution < 1.29 is 0 Å². The number of halogens is 1. The molecule has 0 unspecified atom stereocenters. The number of aryl methyl sites for hydroxylation is 1. The van der Waals surface area contributed by atoms with E-state index in [2.05, 4.69) is 4.98 Å². The van der Waals surface area contributed by atoms with Crippen LogP contribution in [-0.4, -0.2) is 14.0 Å². The van der Waals surface area contributed by atoms with Crippen LogP contribution in [0.1, 0.15) is 5.82 Å². The summed E-state index contributed by atoms with van der Waals surface area (Å²) < 4.78 is 2.90. The summed E-state index contributed by atoms with van der Waals surface area (Å²) in [5.41, 5.74) is 0.558. The Morgan fingerprint density at radius 2 is 2.23 bits per heavy atom. The Labute approximate surface area is 79.4 Å². The van der Waals surface area contributed by atoms with Crippen molar-refractivity contribution in [3.8, 4) is 0 Å². The van der Waals surface area contributed by atoms with Gasteiger partial charge in [0.15, 0.2) is 0 Å². The van der Waals surface area contributed by atoms with Crippen LogP contribution >= 0.6 is 11.6 Å². The Kier molecular flexibility index (Phi) is 1.66. The first-order chi connectivity index (χ1) is 6.11. The first-order valence-corrected chi connectivity index (χ1v) is 4.18. The molecular weight excluding hydrogens is 190 g/mol. The SMILES string of the molecule is Cc1ncc2cc(Cl)n(C)c(=O)n12. The molecule has 0 aliphatic heterocycles. The van der Waals surface area contributed by atoms with Crippen LogP contribution in [0.3, 0.4) is 0 Å². The summed E-state index contributed by atoms with van der Waals surface area (Å²) in [5, 5.41) is 0.414. The molecule has 0 fully saturated rings. The summed E-state index contributed by atoms with van der Waals surface area (Å²) in [4.78, 5) is 15.7. The van der Waals surface area contributed by atoms with Crippen molar-refractivity contribution in [3.05, 3.63) is 33.7 Å². The summed E-state index contributed by atoms with van der Waals surface area (Å²) in [6.07, 6.45) is 1.63. The molecule has 0 amide bonds. The Morgan fingerprint density at radius 1 is 1.54 bits per heavy atom. The van der Waals surface area contributed by atoms with Gasteiger partial charge in [0.25, 0.3) is 0 Å². The highest BCUT2D eigenvalue weighted by molar-refractivity contribution is 6.29. The monoisotopic (exact) mass is 197 g/mol. The largest absolute Gasteiger partial charge is 0.334 e. The molecule has 0 aliphatic carbocycles. The Bertz CT molecular complexity index is 526. The fraction of sp³-hybridized carbons (Fsp3) is 0.250. The van der Waals surface area contributed by atoms with E-state index in [9.17, 15) is 4.79 Å². The number of rotatable bonds is 0. The summed E-state index contributed by atoms with van der Waals surface area (Å²) >= 11 is 5.82. The van der Waals surface area contributed by atoms with Crippen molar-refractivity contribution in [1.29, 1.82) is 0 Å². The lowest BCUT2D eigenvalue weighted by Crippen LogP contribution is -2.25. The van der Waals surface area contributed by atoms with Gasteiger partial charge in [-0.1, -0.05) is 11.6 Å². The van der Waals surface area contributed by atoms with Crippen LogP contribution in [0, 0.1) is 6.92 Å². The normalized spacial score (nSPS) is 11.0. The van der Waals surface area contributed by atoms with Crippen LogP contribution in [0.15, 0.2) is 17.1 Å².